The molecule has 1 fully saturated rings. The summed E-state index contributed by atoms with van der Waals surface area (Å²) in [6.45, 7) is 0.637. The Hall–Kier alpha value is -2.06. The highest BCUT2D eigenvalue weighted by molar-refractivity contribution is 7.89. The molecule has 3 N–H and O–H groups in total. The highest BCUT2D eigenvalue weighted by atomic mass is 32.2. The summed E-state index contributed by atoms with van der Waals surface area (Å²) in [7, 11) is -2.05. The van der Waals surface area contributed by atoms with Crippen LogP contribution in [0.5, 0.6) is 5.75 Å². The highest BCUT2D eigenvalue weighted by Crippen LogP contribution is 2.25. The van der Waals surface area contributed by atoms with Crippen molar-refractivity contribution >= 4 is 26.8 Å². The van der Waals surface area contributed by atoms with Gasteiger partial charge in [-0.1, -0.05) is 0 Å². The lowest BCUT2D eigenvalue weighted by Gasteiger charge is -2.15. The van der Waals surface area contributed by atoms with Crippen LogP contribution in [0.4, 0.5) is 0 Å². The molecule has 1 amide bonds. The zero-order chi connectivity index (χ0) is 16.6. The minimum absolute atomic E-state index is 0.0272. The summed E-state index contributed by atoms with van der Waals surface area (Å²) >= 11 is 0. The topological polar surface area (TPSA) is 105 Å². The van der Waals surface area contributed by atoms with Gasteiger partial charge in [0.25, 0.3) is 0 Å². The zero-order valence-corrected chi connectivity index (χ0v) is 13.6. The summed E-state index contributed by atoms with van der Waals surface area (Å²) in [6.07, 6.45) is 2.51. The molecule has 7 nitrogen and oxygen atoms in total. The first kappa shape index (κ1) is 15.8. The molecule has 2 heterocycles. The van der Waals surface area contributed by atoms with E-state index < -0.39 is 15.3 Å². The molecule has 1 unspecified atom stereocenters. The summed E-state index contributed by atoms with van der Waals surface area (Å²) in [5.74, 6) is 0.603. The summed E-state index contributed by atoms with van der Waals surface area (Å²) in [4.78, 5) is 16.7. The average Bonchev–Trinajstić information content (AvgIpc) is 3.07. The number of aromatic nitrogens is 1. The van der Waals surface area contributed by atoms with E-state index in [1.165, 1.54) is 0 Å². The fourth-order valence-electron chi connectivity index (χ4n) is 2.92. The number of methoxy groups -OCH3 is 1. The normalized spacial score (nSPS) is 18.8. The Morgan fingerprint density at radius 1 is 1.43 bits per heavy atom. The number of carbonyl (C=O) groups is 1. The molecular weight excluding hydrogens is 318 g/mol. The van der Waals surface area contributed by atoms with Crippen molar-refractivity contribution in [1.82, 2.24) is 9.88 Å². The van der Waals surface area contributed by atoms with Crippen molar-refractivity contribution in [1.29, 1.82) is 0 Å². The van der Waals surface area contributed by atoms with Crippen molar-refractivity contribution in [3.05, 3.63) is 30.0 Å². The summed E-state index contributed by atoms with van der Waals surface area (Å²) < 4.78 is 28.0. The zero-order valence-electron chi connectivity index (χ0n) is 12.8. The lowest BCUT2D eigenvalue weighted by molar-refractivity contribution is -0.127. The Morgan fingerprint density at radius 2 is 2.22 bits per heavy atom. The number of primary sulfonamides is 1. The molecule has 0 spiro atoms. The maximum absolute atomic E-state index is 11.9. The first-order valence-electron chi connectivity index (χ1n) is 7.32. The van der Waals surface area contributed by atoms with Gasteiger partial charge >= 0.3 is 0 Å². The third-order valence-electron chi connectivity index (χ3n) is 4.27. The number of benzene rings is 1. The Labute approximate surface area is 134 Å². The Kier molecular flexibility index (Phi) is 4.03. The number of hydrogen-bond donors (Lipinski definition) is 2. The number of nitrogens with one attached hydrogen (secondary N) is 1. The number of sulfonamides is 1. The molecule has 2 aromatic rings. The van der Waals surface area contributed by atoms with Gasteiger partial charge in [-0.3, -0.25) is 4.79 Å². The van der Waals surface area contributed by atoms with Gasteiger partial charge in [0, 0.05) is 36.6 Å². The van der Waals surface area contributed by atoms with Gasteiger partial charge in [0.1, 0.15) is 11.0 Å². The van der Waals surface area contributed by atoms with Gasteiger partial charge in [-0.15, -0.1) is 0 Å². The molecule has 124 valence electrons. The lowest BCUT2D eigenvalue weighted by atomic mass is 10.1. The first-order chi connectivity index (χ1) is 10.9. The SMILES string of the molecule is COc1ccc2[nH]cc(CCN3CC(S(N)(=O)=O)CC3=O)c2c1. The van der Waals surface area contributed by atoms with E-state index in [0.29, 0.717) is 13.0 Å². The van der Waals surface area contributed by atoms with Crippen LogP contribution in [0.2, 0.25) is 0 Å². The molecule has 1 aliphatic heterocycles. The van der Waals surface area contributed by atoms with Crippen molar-refractivity contribution in [2.45, 2.75) is 18.1 Å². The summed E-state index contributed by atoms with van der Waals surface area (Å²) in [6, 6.07) is 5.76. The molecule has 0 saturated carbocycles. The lowest BCUT2D eigenvalue weighted by Crippen LogP contribution is -2.33. The molecule has 1 aromatic carbocycles. The minimum atomic E-state index is -3.67. The molecule has 0 radical (unpaired) electrons. The number of ether oxygens (including phenoxy) is 1. The number of fused-ring (bicyclic) bond motifs is 1. The third kappa shape index (κ3) is 3.18. The van der Waals surface area contributed by atoms with Crippen LogP contribution in [0.3, 0.4) is 0 Å². The van der Waals surface area contributed by atoms with Crippen LogP contribution in [0.25, 0.3) is 10.9 Å². The molecule has 1 aliphatic rings. The van der Waals surface area contributed by atoms with Gasteiger partial charge in [0.05, 0.1) is 7.11 Å². The van der Waals surface area contributed by atoms with Gasteiger partial charge in [0.2, 0.25) is 15.9 Å². The Balaban J connectivity index is 1.73. The molecule has 1 saturated heterocycles. The molecule has 1 aromatic heterocycles. The van der Waals surface area contributed by atoms with Gasteiger partial charge in [-0.2, -0.15) is 0 Å². The minimum Gasteiger partial charge on any atom is -0.497 e. The Morgan fingerprint density at radius 3 is 2.87 bits per heavy atom. The second kappa shape index (κ2) is 5.86. The van der Waals surface area contributed by atoms with Crippen LogP contribution in [-0.2, 0) is 21.2 Å². The van der Waals surface area contributed by atoms with Crippen LogP contribution in [0.15, 0.2) is 24.4 Å². The predicted octanol–water partition coefficient (Wildman–Crippen LogP) is 0.608. The fourth-order valence-corrected chi connectivity index (χ4v) is 3.68. The molecule has 0 bridgehead atoms. The van der Waals surface area contributed by atoms with Crippen LogP contribution < -0.4 is 9.88 Å². The van der Waals surface area contributed by atoms with Crippen molar-refractivity contribution < 1.29 is 17.9 Å². The Bertz CT molecular complexity index is 844. The second-order valence-electron chi connectivity index (χ2n) is 5.73. The van der Waals surface area contributed by atoms with Crippen LogP contribution in [0, 0.1) is 0 Å². The third-order valence-corrected chi connectivity index (χ3v) is 5.51. The van der Waals surface area contributed by atoms with E-state index in [4.69, 9.17) is 9.88 Å². The van der Waals surface area contributed by atoms with Crippen molar-refractivity contribution in [2.75, 3.05) is 20.2 Å². The average molecular weight is 337 g/mol. The standard InChI is InChI=1S/C15H19N3O4S/c1-22-11-2-3-14-13(6-11)10(8-17-14)4-5-18-9-12(7-15(18)19)23(16,20)21/h2-3,6,8,12,17H,4-5,7,9H2,1H3,(H2,16,20,21). The number of nitrogens with zero attached hydrogens (tertiary/aromatic N) is 1. The van der Waals surface area contributed by atoms with Crippen LogP contribution in [-0.4, -0.2) is 49.7 Å². The van der Waals surface area contributed by atoms with Crippen molar-refractivity contribution in [3.63, 3.8) is 0 Å². The molecule has 8 heteroatoms. The largest absolute Gasteiger partial charge is 0.497 e. The van der Waals surface area contributed by atoms with E-state index >= 15 is 0 Å². The number of nitrogens with two attached hydrogens (primary N) is 1. The summed E-state index contributed by atoms with van der Waals surface area (Å²) in [5.41, 5.74) is 2.06. The van der Waals surface area contributed by atoms with E-state index in [9.17, 15) is 13.2 Å². The van der Waals surface area contributed by atoms with E-state index in [1.54, 1.807) is 12.0 Å². The van der Waals surface area contributed by atoms with E-state index in [0.717, 1.165) is 22.2 Å². The van der Waals surface area contributed by atoms with Crippen molar-refractivity contribution in [3.8, 4) is 5.75 Å². The number of carbonyl (C=O) groups excluding carboxylic acids is 1. The van der Waals surface area contributed by atoms with E-state index in [1.807, 2.05) is 24.4 Å². The van der Waals surface area contributed by atoms with Crippen LogP contribution in [0.1, 0.15) is 12.0 Å². The quantitative estimate of drug-likeness (QED) is 0.834. The van der Waals surface area contributed by atoms with E-state index in [-0.39, 0.29) is 18.9 Å². The molecule has 1 atom stereocenters. The molecule has 3 rings (SSSR count). The van der Waals surface area contributed by atoms with E-state index in [2.05, 4.69) is 4.98 Å². The van der Waals surface area contributed by atoms with Gasteiger partial charge < -0.3 is 14.6 Å². The molecular formula is C15H19N3O4S. The number of rotatable bonds is 5. The van der Waals surface area contributed by atoms with Crippen LogP contribution >= 0.6 is 0 Å². The molecule has 0 aliphatic carbocycles. The number of amides is 1. The van der Waals surface area contributed by atoms with Gasteiger partial charge in [-0.05, 0) is 30.2 Å². The maximum atomic E-state index is 11.9. The predicted molar refractivity (Wildman–Crippen MR) is 86.6 cm³/mol. The summed E-state index contributed by atoms with van der Waals surface area (Å²) in [5, 5.41) is 5.38. The van der Waals surface area contributed by atoms with Crippen molar-refractivity contribution in [2.24, 2.45) is 5.14 Å². The number of likely N-dealkylation sites (tertiary alicyclic amines) is 1. The number of H-pyrrole nitrogens is 1. The highest BCUT2D eigenvalue weighted by Gasteiger charge is 2.36. The fraction of sp³-hybridized carbons (Fsp3) is 0.400. The van der Waals surface area contributed by atoms with Gasteiger partial charge in [-0.25, -0.2) is 13.6 Å². The molecule has 23 heavy (non-hydrogen) atoms. The second-order valence-corrected chi connectivity index (χ2v) is 7.58. The number of aromatic amines is 1. The maximum Gasteiger partial charge on any atom is 0.224 e. The number of hydrogen-bond acceptors (Lipinski definition) is 4. The van der Waals surface area contributed by atoms with Gasteiger partial charge in [0.15, 0.2) is 0 Å². The first-order valence-corrected chi connectivity index (χ1v) is 8.93. The smallest absolute Gasteiger partial charge is 0.224 e. The monoisotopic (exact) mass is 337 g/mol.